The molecule has 4 rings (SSSR count). The number of carbonyl (C=O) groups excluding carboxylic acids is 2. The Kier molecular flexibility index (Phi) is 4.37. The first-order chi connectivity index (χ1) is 12.7. The van der Waals surface area contributed by atoms with Gasteiger partial charge in [-0.05, 0) is 43.0 Å². The lowest BCUT2D eigenvalue weighted by Gasteiger charge is -2.40. The van der Waals surface area contributed by atoms with E-state index in [9.17, 15) is 9.59 Å². The second-order valence-electron chi connectivity index (χ2n) is 7.18. The summed E-state index contributed by atoms with van der Waals surface area (Å²) in [5.74, 6) is 0.0793. The van der Waals surface area contributed by atoms with E-state index in [0.29, 0.717) is 13.1 Å². The molecule has 1 aliphatic carbocycles. The highest BCUT2D eigenvalue weighted by Gasteiger charge is 2.44. The van der Waals surface area contributed by atoms with Crippen LogP contribution in [0.5, 0.6) is 0 Å². The van der Waals surface area contributed by atoms with Crippen LogP contribution in [0.15, 0.2) is 54.6 Å². The lowest BCUT2D eigenvalue weighted by atomic mass is 9.64. The first-order valence-electron chi connectivity index (χ1n) is 9.17. The van der Waals surface area contributed by atoms with Crippen molar-refractivity contribution < 1.29 is 9.59 Å². The zero-order valence-electron chi connectivity index (χ0n) is 14.7. The van der Waals surface area contributed by atoms with Crippen molar-refractivity contribution in [3.8, 4) is 0 Å². The normalized spacial score (nSPS) is 18.2. The molecule has 0 radical (unpaired) electrons. The van der Waals surface area contributed by atoms with Crippen LogP contribution in [-0.4, -0.2) is 25.0 Å². The molecule has 2 aliphatic rings. The summed E-state index contributed by atoms with van der Waals surface area (Å²) >= 11 is 0. The molecule has 1 saturated heterocycles. The lowest BCUT2D eigenvalue weighted by molar-refractivity contribution is -0.130. The molecule has 1 heterocycles. The predicted molar refractivity (Wildman–Crippen MR) is 102 cm³/mol. The Morgan fingerprint density at radius 3 is 2.58 bits per heavy atom. The Bertz CT molecular complexity index is 815. The van der Waals surface area contributed by atoms with Gasteiger partial charge in [0, 0.05) is 24.5 Å². The highest BCUT2D eigenvalue weighted by Crippen LogP contribution is 2.44. The maximum absolute atomic E-state index is 13.0. The average Bonchev–Trinajstić information content (AvgIpc) is 3.05. The SMILES string of the molecule is O=C1NCCN1c1cccc(NC(=O)C2(Cc3ccccc3)CCC2)c1. The number of urea groups is 1. The molecule has 5 heteroatoms. The third-order valence-electron chi connectivity index (χ3n) is 5.45. The highest BCUT2D eigenvalue weighted by atomic mass is 16.2. The molecule has 0 unspecified atom stereocenters. The third-order valence-corrected chi connectivity index (χ3v) is 5.45. The van der Waals surface area contributed by atoms with Crippen LogP contribution in [0.1, 0.15) is 24.8 Å². The molecule has 0 aromatic heterocycles. The van der Waals surface area contributed by atoms with Crippen LogP contribution < -0.4 is 15.5 Å². The van der Waals surface area contributed by atoms with Crippen LogP contribution in [0, 0.1) is 5.41 Å². The number of hydrogen-bond donors (Lipinski definition) is 2. The molecule has 0 bridgehead atoms. The summed E-state index contributed by atoms with van der Waals surface area (Å²) in [5, 5.41) is 5.88. The van der Waals surface area contributed by atoms with Crippen molar-refractivity contribution in [1.82, 2.24) is 5.32 Å². The predicted octanol–water partition coefficient (Wildman–Crippen LogP) is 3.57. The maximum Gasteiger partial charge on any atom is 0.321 e. The van der Waals surface area contributed by atoms with Gasteiger partial charge in [0.15, 0.2) is 0 Å². The molecule has 2 aromatic carbocycles. The first kappa shape index (κ1) is 16.6. The fourth-order valence-electron chi connectivity index (χ4n) is 3.81. The summed E-state index contributed by atoms with van der Waals surface area (Å²) in [7, 11) is 0. The van der Waals surface area contributed by atoms with Gasteiger partial charge in [-0.25, -0.2) is 4.79 Å². The number of amides is 3. The summed E-state index contributed by atoms with van der Waals surface area (Å²) < 4.78 is 0. The molecule has 1 saturated carbocycles. The summed E-state index contributed by atoms with van der Waals surface area (Å²) in [5.41, 5.74) is 2.43. The van der Waals surface area contributed by atoms with Gasteiger partial charge >= 0.3 is 6.03 Å². The summed E-state index contributed by atoms with van der Waals surface area (Å²) in [6.07, 6.45) is 3.70. The molecule has 3 amide bonds. The minimum absolute atomic E-state index is 0.0793. The van der Waals surface area contributed by atoms with Gasteiger partial charge in [-0.2, -0.15) is 0 Å². The first-order valence-corrected chi connectivity index (χ1v) is 9.17. The second-order valence-corrected chi connectivity index (χ2v) is 7.18. The number of benzene rings is 2. The van der Waals surface area contributed by atoms with E-state index >= 15 is 0 Å². The maximum atomic E-state index is 13.0. The molecule has 134 valence electrons. The van der Waals surface area contributed by atoms with E-state index in [2.05, 4.69) is 22.8 Å². The van der Waals surface area contributed by atoms with Gasteiger partial charge in [-0.3, -0.25) is 9.69 Å². The van der Waals surface area contributed by atoms with Crippen LogP contribution >= 0.6 is 0 Å². The molecule has 0 spiro atoms. The van der Waals surface area contributed by atoms with E-state index in [1.165, 1.54) is 5.56 Å². The quantitative estimate of drug-likeness (QED) is 0.867. The number of nitrogens with zero attached hydrogens (tertiary/aromatic N) is 1. The summed E-state index contributed by atoms with van der Waals surface area (Å²) in [4.78, 5) is 26.6. The summed E-state index contributed by atoms with van der Waals surface area (Å²) in [6, 6.07) is 17.6. The van der Waals surface area contributed by atoms with Gasteiger partial charge in [-0.1, -0.05) is 42.8 Å². The van der Waals surface area contributed by atoms with Crippen molar-refractivity contribution in [1.29, 1.82) is 0 Å². The molecular formula is C21H23N3O2. The molecule has 2 N–H and O–H groups in total. The number of anilines is 2. The minimum Gasteiger partial charge on any atom is -0.336 e. The van der Waals surface area contributed by atoms with Crippen molar-refractivity contribution >= 4 is 23.3 Å². The van der Waals surface area contributed by atoms with Crippen LogP contribution in [-0.2, 0) is 11.2 Å². The van der Waals surface area contributed by atoms with Crippen molar-refractivity contribution in [2.45, 2.75) is 25.7 Å². The Morgan fingerprint density at radius 1 is 1.12 bits per heavy atom. The van der Waals surface area contributed by atoms with Crippen molar-refractivity contribution in [2.75, 3.05) is 23.3 Å². The largest absolute Gasteiger partial charge is 0.336 e. The van der Waals surface area contributed by atoms with E-state index in [1.54, 1.807) is 4.90 Å². The van der Waals surface area contributed by atoms with Crippen LogP contribution in [0.4, 0.5) is 16.2 Å². The Hall–Kier alpha value is -2.82. The van der Waals surface area contributed by atoms with Gasteiger partial charge in [-0.15, -0.1) is 0 Å². The molecule has 0 atom stereocenters. The third kappa shape index (κ3) is 3.17. The topological polar surface area (TPSA) is 61.4 Å². The number of rotatable bonds is 5. The van der Waals surface area contributed by atoms with E-state index in [1.807, 2.05) is 42.5 Å². The van der Waals surface area contributed by atoms with Gasteiger partial charge < -0.3 is 10.6 Å². The van der Waals surface area contributed by atoms with E-state index < -0.39 is 0 Å². The molecular weight excluding hydrogens is 326 g/mol. The molecule has 2 aromatic rings. The Labute approximate surface area is 153 Å². The van der Waals surface area contributed by atoms with Gasteiger partial charge in [0.05, 0.1) is 5.41 Å². The van der Waals surface area contributed by atoms with E-state index in [-0.39, 0.29) is 17.4 Å². The molecule has 2 fully saturated rings. The number of carbonyl (C=O) groups is 2. The molecule has 1 aliphatic heterocycles. The zero-order valence-corrected chi connectivity index (χ0v) is 14.7. The smallest absolute Gasteiger partial charge is 0.321 e. The highest BCUT2D eigenvalue weighted by molar-refractivity contribution is 5.98. The molecule has 5 nitrogen and oxygen atoms in total. The second kappa shape index (κ2) is 6.83. The van der Waals surface area contributed by atoms with Gasteiger partial charge in [0.25, 0.3) is 0 Å². The Morgan fingerprint density at radius 2 is 1.92 bits per heavy atom. The van der Waals surface area contributed by atoms with Crippen LogP contribution in [0.3, 0.4) is 0 Å². The average molecular weight is 349 g/mol. The van der Waals surface area contributed by atoms with Crippen LogP contribution in [0.25, 0.3) is 0 Å². The van der Waals surface area contributed by atoms with Crippen molar-refractivity contribution in [2.24, 2.45) is 5.41 Å². The number of nitrogens with one attached hydrogen (secondary N) is 2. The van der Waals surface area contributed by atoms with Crippen LogP contribution in [0.2, 0.25) is 0 Å². The standard InChI is InChI=1S/C21H23N3O2/c25-19(21(10-5-11-21)15-16-6-2-1-3-7-16)23-17-8-4-9-18(14-17)24-13-12-22-20(24)26/h1-4,6-9,14H,5,10-13,15H2,(H,22,26)(H,23,25). The van der Waals surface area contributed by atoms with Gasteiger partial charge in [0.1, 0.15) is 0 Å². The molecule has 26 heavy (non-hydrogen) atoms. The van der Waals surface area contributed by atoms with Crippen molar-refractivity contribution in [3.63, 3.8) is 0 Å². The zero-order chi connectivity index (χ0) is 18.0. The van der Waals surface area contributed by atoms with E-state index in [0.717, 1.165) is 37.1 Å². The number of hydrogen-bond acceptors (Lipinski definition) is 2. The Balaban J connectivity index is 1.49. The summed E-state index contributed by atoms with van der Waals surface area (Å²) in [6.45, 7) is 1.30. The monoisotopic (exact) mass is 349 g/mol. The fraction of sp³-hybridized carbons (Fsp3) is 0.333. The van der Waals surface area contributed by atoms with Crippen molar-refractivity contribution in [3.05, 3.63) is 60.2 Å². The fourth-order valence-corrected chi connectivity index (χ4v) is 3.81. The van der Waals surface area contributed by atoms with Gasteiger partial charge in [0.2, 0.25) is 5.91 Å². The lowest BCUT2D eigenvalue weighted by Crippen LogP contribution is -2.43. The minimum atomic E-state index is -0.317. The van der Waals surface area contributed by atoms with E-state index in [4.69, 9.17) is 0 Å².